The predicted octanol–water partition coefficient (Wildman–Crippen LogP) is 2.87. The van der Waals surface area contributed by atoms with Crippen molar-refractivity contribution < 1.29 is 18.0 Å². The molecule has 0 atom stereocenters. The van der Waals surface area contributed by atoms with Gasteiger partial charge in [0.15, 0.2) is 0 Å². The molecule has 0 aliphatic heterocycles. The Hall–Kier alpha value is -3.65. The highest BCUT2D eigenvalue weighted by Crippen LogP contribution is 2.16. The van der Waals surface area contributed by atoms with Crippen molar-refractivity contribution in [2.24, 2.45) is 0 Å². The number of rotatable bonds is 5. The summed E-state index contributed by atoms with van der Waals surface area (Å²) < 4.78 is 27.1. The van der Waals surface area contributed by atoms with Crippen LogP contribution < -0.4 is 15.6 Å². The number of hydrogen-bond acceptors (Lipinski definition) is 4. The average molecular weight is 409 g/mol. The van der Waals surface area contributed by atoms with Crippen LogP contribution in [0.5, 0.6) is 0 Å². The van der Waals surface area contributed by atoms with Crippen LogP contribution in [0.2, 0.25) is 0 Å². The summed E-state index contributed by atoms with van der Waals surface area (Å²) >= 11 is 0. The molecule has 7 nitrogen and oxygen atoms in total. The monoisotopic (exact) mass is 409 g/mol. The first-order chi connectivity index (χ1) is 13.9. The second-order valence-electron chi connectivity index (χ2n) is 6.22. The molecule has 29 heavy (non-hydrogen) atoms. The molecular weight excluding hydrogens is 390 g/mol. The van der Waals surface area contributed by atoms with E-state index in [0.29, 0.717) is 11.3 Å². The van der Waals surface area contributed by atoms with Crippen LogP contribution in [-0.4, -0.2) is 20.2 Å². The number of benzene rings is 3. The van der Waals surface area contributed by atoms with Gasteiger partial charge in [-0.2, -0.15) is 0 Å². The first kappa shape index (κ1) is 20.1. The second kappa shape index (κ2) is 8.57. The lowest BCUT2D eigenvalue weighted by Crippen LogP contribution is -2.41. The predicted molar refractivity (Wildman–Crippen MR) is 110 cm³/mol. The fourth-order valence-electron chi connectivity index (χ4n) is 2.58. The molecule has 3 aromatic carbocycles. The van der Waals surface area contributed by atoms with Gasteiger partial charge in [0.1, 0.15) is 0 Å². The zero-order chi connectivity index (χ0) is 20.9. The third-order valence-electron chi connectivity index (χ3n) is 4.13. The summed E-state index contributed by atoms with van der Waals surface area (Å²) in [6, 6.07) is 20.8. The molecule has 0 bridgehead atoms. The fraction of sp³-hybridized carbons (Fsp3) is 0.0476. The Morgan fingerprint density at radius 3 is 1.97 bits per heavy atom. The molecule has 0 spiro atoms. The van der Waals surface area contributed by atoms with E-state index in [9.17, 15) is 18.0 Å². The van der Waals surface area contributed by atoms with Crippen molar-refractivity contribution >= 4 is 27.5 Å². The van der Waals surface area contributed by atoms with Crippen LogP contribution in [0, 0.1) is 6.92 Å². The van der Waals surface area contributed by atoms with Gasteiger partial charge in [0.05, 0.1) is 4.90 Å². The standard InChI is InChI=1S/C21H19N3O4S/c1-15-7-5-6-10-19(15)21(26)23-22-20(25)16-11-13-17(14-12-16)24-29(27,28)18-8-3-2-4-9-18/h2-14,24H,1H3,(H,22,25)(H,23,26). The van der Waals surface area contributed by atoms with Gasteiger partial charge >= 0.3 is 0 Å². The quantitative estimate of drug-likeness (QED) is 0.564. The molecule has 0 fully saturated rings. The van der Waals surface area contributed by atoms with Crippen LogP contribution in [0.4, 0.5) is 5.69 Å². The topological polar surface area (TPSA) is 104 Å². The Bertz CT molecular complexity index is 1130. The number of hydrogen-bond donors (Lipinski definition) is 3. The van der Waals surface area contributed by atoms with Crippen LogP contribution in [0.3, 0.4) is 0 Å². The molecule has 8 heteroatoms. The normalized spacial score (nSPS) is 10.8. The van der Waals surface area contributed by atoms with Gasteiger partial charge in [-0.25, -0.2) is 8.42 Å². The van der Waals surface area contributed by atoms with Crippen molar-refractivity contribution in [2.45, 2.75) is 11.8 Å². The summed E-state index contributed by atoms with van der Waals surface area (Å²) in [6.07, 6.45) is 0. The summed E-state index contributed by atoms with van der Waals surface area (Å²) in [6.45, 7) is 1.80. The van der Waals surface area contributed by atoms with Gasteiger partial charge in [-0.1, -0.05) is 36.4 Å². The van der Waals surface area contributed by atoms with Crippen molar-refractivity contribution in [1.82, 2.24) is 10.9 Å². The van der Waals surface area contributed by atoms with E-state index in [1.165, 1.54) is 36.4 Å². The van der Waals surface area contributed by atoms with E-state index in [2.05, 4.69) is 15.6 Å². The number of amides is 2. The summed E-state index contributed by atoms with van der Waals surface area (Å²) in [5, 5.41) is 0. The smallest absolute Gasteiger partial charge is 0.269 e. The highest BCUT2D eigenvalue weighted by molar-refractivity contribution is 7.92. The largest absolute Gasteiger partial charge is 0.280 e. The Balaban J connectivity index is 1.62. The molecule has 2 amide bonds. The second-order valence-corrected chi connectivity index (χ2v) is 7.90. The Morgan fingerprint density at radius 1 is 0.724 bits per heavy atom. The molecule has 3 rings (SSSR count). The maximum Gasteiger partial charge on any atom is 0.269 e. The van der Waals surface area contributed by atoms with Crippen molar-refractivity contribution in [3.05, 3.63) is 95.6 Å². The van der Waals surface area contributed by atoms with E-state index in [4.69, 9.17) is 0 Å². The minimum atomic E-state index is -3.71. The van der Waals surface area contributed by atoms with Gasteiger partial charge in [-0.05, 0) is 55.0 Å². The molecule has 148 valence electrons. The maximum atomic E-state index is 12.3. The first-order valence-electron chi connectivity index (χ1n) is 8.71. The number of carbonyl (C=O) groups excluding carboxylic acids is 2. The molecule has 3 N–H and O–H groups in total. The molecule has 0 saturated carbocycles. The lowest BCUT2D eigenvalue weighted by atomic mass is 10.1. The van der Waals surface area contributed by atoms with E-state index in [1.54, 1.807) is 43.3 Å². The molecule has 0 aromatic heterocycles. The number of aryl methyl sites for hydroxylation is 1. The van der Waals surface area contributed by atoms with E-state index in [0.717, 1.165) is 5.56 Å². The average Bonchev–Trinajstić information content (AvgIpc) is 2.73. The zero-order valence-electron chi connectivity index (χ0n) is 15.5. The highest BCUT2D eigenvalue weighted by Gasteiger charge is 2.14. The Kier molecular flexibility index (Phi) is 5.94. The minimum Gasteiger partial charge on any atom is -0.280 e. The van der Waals surface area contributed by atoms with E-state index in [1.807, 2.05) is 6.07 Å². The molecule has 3 aromatic rings. The van der Waals surface area contributed by atoms with Gasteiger partial charge in [0.2, 0.25) is 0 Å². The molecule has 0 unspecified atom stereocenters. The minimum absolute atomic E-state index is 0.140. The lowest BCUT2D eigenvalue weighted by Gasteiger charge is -2.10. The molecule has 0 aliphatic rings. The van der Waals surface area contributed by atoms with Crippen molar-refractivity contribution in [3.8, 4) is 0 Å². The van der Waals surface area contributed by atoms with Crippen molar-refractivity contribution in [3.63, 3.8) is 0 Å². The van der Waals surface area contributed by atoms with E-state index >= 15 is 0 Å². The zero-order valence-corrected chi connectivity index (χ0v) is 16.4. The number of carbonyl (C=O) groups is 2. The SMILES string of the molecule is Cc1ccccc1C(=O)NNC(=O)c1ccc(NS(=O)(=O)c2ccccc2)cc1. The van der Waals surface area contributed by atoms with Crippen molar-refractivity contribution in [2.75, 3.05) is 4.72 Å². The molecular formula is C21H19N3O4S. The summed E-state index contributed by atoms with van der Waals surface area (Å²) in [5.74, 6) is -0.951. The van der Waals surface area contributed by atoms with Crippen molar-refractivity contribution in [1.29, 1.82) is 0 Å². The summed E-state index contributed by atoms with van der Waals surface area (Å²) in [4.78, 5) is 24.5. The molecule has 0 aliphatic carbocycles. The summed E-state index contributed by atoms with van der Waals surface area (Å²) in [5.41, 5.74) is 6.52. The van der Waals surface area contributed by atoms with E-state index < -0.39 is 21.8 Å². The molecule has 0 saturated heterocycles. The molecule has 0 radical (unpaired) electrons. The fourth-order valence-corrected chi connectivity index (χ4v) is 3.66. The first-order valence-corrected chi connectivity index (χ1v) is 10.2. The van der Waals surface area contributed by atoms with Crippen LogP contribution in [0.15, 0.2) is 83.8 Å². The maximum absolute atomic E-state index is 12.3. The summed E-state index contributed by atoms with van der Waals surface area (Å²) in [7, 11) is -3.71. The lowest BCUT2D eigenvalue weighted by molar-refractivity contribution is 0.0846. The highest BCUT2D eigenvalue weighted by atomic mass is 32.2. The van der Waals surface area contributed by atoms with Gasteiger partial charge in [0, 0.05) is 16.8 Å². The van der Waals surface area contributed by atoms with Crippen LogP contribution >= 0.6 is 0 Å². The third-order valence-corrected chi connectivity index (χ3v) is 5.53. The Labute approximate surface area is 168 Å². The van der Waals surface area contributed by atoms with Crippen LogP contribution in [-0.2, 0) is 10.0 Å². The van der Waals surface area contributed by atoms with Gasteiger partial charge in [0.25, 0.3) is 21.8 Å². The van der Waals surface area contributed by atoms with Crippen LogP contribution in [0.25, 0.3) is 0 Å². The van der Waals surface area contributed by atoms with Gasteiger partial charge in [-0.15, -0.1) is 0 Å². The molecule has 0 heterocycles. The van der Waals surface area contributed by atoms with Gasteiger partial charge < -0.3 is 0 Å². The number of hydrazine groups is 1. The van der Waals surface area contributed by atoms with E-state index in [-0.39, 0.29) is 10.5 Å². The number of nitrogens with one attached hydrogen (secondary N) is 3. The number of anilines is 1. The Morgan fingerprint density at radius 2 is 1.31 bits per heavy atom. The third kappa shape index (κ3) is 4.99. The van der Waals surface area contributed by atoms with Crippen LogP contribution in [0.1, 0.15) is 26.3 Å². The number of sulfonamides is 1. The van der Waals surface area contributed by atoms with Gasteiger partial charge in [-0.3, -0.25) is 25.2 Å².